The topological polar surface area (TPSA) is 46.6 Å². The molecule has 1 heterocycles. The van der Waals surface area contributed by atoms with E-state index in [-0.39, 0.29) is 12.5 Å². The molecule has 0 aliphatic carbocycles. The molecule has 0 atom stereocenters. The maximum atomic E-state index is 12.7. The first-order valence-electron chi connectivity index (χ1n) is 7.45. The summed E-state index contributed by atoms with van der Waals surface area (Å²) in [5.74, 6) is 0.261. The van der Waals surface area contributed by atoms with Crippen LogP contribution in [0, 0.1) is 0 Å². The molecule has 1 aliphatic heterocycles. The number of carbonyl (C=O) groups excluding carboxylic acids is 2. The fourth-order valence-electron chi connectivity index (χ4n) is 2.38. The van der Waals surface area contributed by atoms with Gasteiger partial charge in [0.1, 0.15) is 10.9 Å². The van der Waals surface area contributed by atoms with Crippen LogP contribution in [0.1, 0.15) is 26.3 Å². The summed E-state index contributed by atoms with van der Waals surface area (Å²) in [6.45, 7) is 0.657. The number of thiocarbonyl (C=S) groups is 1. The van der Waals surface area contributed by atoms with Gasteiger partial charge in [0.2, 0.25) is 0 Å². The molecular formula is C18H15NO3S2. The number of hydrogen-bond donors (Lipinski definition) is 0. The number of amides is 1. The van der Waals surface area contributed by atoms with Crippen molar-refractivity contribution in [3.63, 3.8) is 0 Å². The van der Waals surface area contributed by atoms with Gasteiger partial charge in [-0.15, -0.1) is 0 Å². The average Bonchev–Trinajstić information content (AvgIpc) is 3.06. The second-order valence-electron chi connectivity index (χ2n) is 5.17. The third-order valence-corrected chi connectivity index (χ3v) is 5.05. The Morgan fingerprint density at radius 3 is 2.50 bits per heavy atom. The van der Waals surface area contributed by atoms with Crippen molar-refractivity contribution in [3.05, 3.63) is 71.3 Å². The van der Waals surface area contributed by atoms with Crippen LogP contribution >= 0.6 is 24.0 Å². The van der Waals surface area contributed by atoms with Crippen molar-refractivity contribution in [2.75, 3.05) is 12.3 Å². The zero-order valence-electron chi connectivity index (χ0n) is 12.8. The van der Waals surface area contributed by atoms with Crippen LogP contribution in [0.4, 0.5) is 0 Å². The van der Waals surface area contributed by atoms with Crippen molar-refractivity contribution in [2.45, 2.75) is 6.61 Å². The number of thioether (sulfide) groups is 1. The van der Waals surface area contributed by atoms with Crippen LogP contribution in [0.3, 0.4) is 0 Å². The lowest BCUT2D eigenvalue weighted by molar-refractivity contribution is 0.0469. The quantitative estimate of drug-likeness (QED) is 0.619. The molecule has 0 saturated carbocycles. The van der Waals surface area contributed by atoms with E-state index in [4.69, 9.17) is 17.0 Å². The molecule has 2 aromatic rings. The van der Waals surface area contributed by atoms with E-state index in [1.54, 1.807) is 47.4 Å². The highest BCUT2D eigenvalue weighted by molar-refractivity contribution is 8.23. The molecule has 0 unspecified atom stereocenters. The number of carbonyl (C=O) groups is 2. The number of esters is 1. The molecule has 3 rings (SSSR count). The van der Waals surface area contributed by atoms with Gasteiger partial charge in [-0.1, -0.05) is 60.4 Å². The Bertz CT molecular complexity index is 777. The Morgan fingerprint density at radius 1 is 1.08 bits per heavy atom. The molecule has 2 aromatic carbocycles. The monoisotopic (exact) mass is 357 g/mol. The first-order chi connectivity index (χ1) is 11.7. The highest BCUT2D eigenvalue weighted by Crippen LogP contribution is 2.22. The van der Waals surface area contributed by atoms with Crippen LogP contribution in [-0.2, 0) is 11.3 Å². The number of ether oxygens (including phenoxy) is 1. The van der Waals surface area contributed by atoms with Crippen molar-refractivity contribution in [1.29, 1.82) is 0 Å². The van der Waals surface area contributed by atoms with E-state index >= 15 is 0 Å². The predicted octanol–water partition coefficient (Wildman–Crippen LogP) is 3.52. The van der Waals surface area contributed by atoms with Gasteiger partial charge in [-0.2, -0.15) is 0 Å². The lowest BCUT2D eigenvalue weighted by Gasteiger charge is -2.17. The number of rotatable bonds is 4. The molecule has 1 aliphatic rings. The first kappa shape index (κ1) is 16.7. The minimum Gasteiger partial charge on any atom is -0.457 e. The minimum atomic E-state index is -0.412. The molecule has 0 aromatic heterocycles. The van der Waals surface area contributed by atoms with Gasteiger partial charge >= 0.3 is 5.97 Å². The Morgan fingerprint density at radius 2 is 1.79 bits per heavy atom. The second kappa shape index (κ2) is 7.59. The van der Waals surface area contributed by atoms with E-state index < -0.39 is 5.97 Å². The highest BCUT2D eigenvalue weighted by atomic mass is 32.2. The zero-order chi connectivity index (χ0) is 16.9. The predicted molar refractivity (Wildman–Crippen MR) is 98.1 cm³/mol. The van der Waals surface area contributed by atoms with Crippen molar-refractivity contribution in [1.82, 2.24) is 4.90 Å². The van der Waals surface area contributed by atoms with E-state index in [2.05, 4.69) is 0 Å². The molecule has 1 fully saturated rings. The van der Waals surface area contributed by atoms with Gasteiger partial charge in [0.15, 0.2) is 0 Å². The summed E-state index contributed by atoms with van der Waals surface area (Å²) in [5, 5.41) is 0. The Balaban J connectivity index is 1.74. The summed E-state index contributed by atoms with van der Waals surface area (Å²) in [7, 11) is 0. The van der Waals surface area contributed by atoms with Crippen LogP contribution in [0.2, 0.25) is 0 Å². The van der Waals surface area contributed by atoms with Crippen LogP contribution in [0.25, 0.3) is 0 Å². The van der Waals surface area contributed by atoms with Gasteiger partial charge in [-0.25, -0.2) is 4.79 Å². The molecule has 0 radical (unpaired) electrons. The molecule has 0 bridgehead atoms. The maximum absolute atomic E-state index is 12.7. The van der Waals surface area contributed by atoms with Crippen LogP contribution in [0.5, 0.6) is 0 Å². The van der Waals surface area contributed by atoms with Crippen molar-refractivity contribution >= 4 is 40.2 Å². The zero-order valence-corrected chi connectivity index (χ0v) is 14.4. The van der Waals surface area contributed by atoms with Crippen LogP contribution < -0.4 is 0 Å². The normalized spacial score (nSPS) is 13.8. The van der Waals surface area contributed by atoms with E-state index in [0.29, 0.717) is 27.6 Å². The minimum absolute atomic E-state index is 0.0450. The highest BCUT2D eigenvalue weighted by Gasteiger charge is 2.26. The summed E-state index contributed by atoms with van der Waals surface area (Å²) >= 11 is 6.71. The average molecular weight is 357 g/mol. The Hall–Kier alpha value is -2.18. The SMILES string of the molecule is O=C(OCc1ccccc1C(=O)N1CCSC1=S)c1ccccc1. The molecule has 0 spiro atoms. The van der Waals surface area contributed by atoms with E-state index in [9.17, 15) is 9.59 Å². The summed E-state index contributed by atoms with van der Waals surface area (Å²) in [5.41, 5.74) is 1.67. The van der Waals surface area contributed by atoms with Gasteiger partial charge in [0.05, 0.1) is 5.56 Å². The molecule has 4 nitrogen and oxygen atoms in total. The molecule has 24 heavy (non-hydrogen) atoms. The van der Waals surface area contributed by atoms with Gasteiger partial charge in [-0.05, 0) is 18.2 Å². The summed E-state index contributed by atoms with van der Waals surface area (Å²) in [6, 6.07) is 15.9. The van der Waals surface area contributed by atoms with Gasteiger partial charge < -0.3 is 4.74 Å². The van der Waals surface area contributed by atoms with Gasteiger partial charge in [-0.3, -0.25) is 9.69 Å². The number of benzene rings is 2. The van der Waals surface area contributed by atoms with Gasteiger partial charge in [0.25, 0.3) is 5.91 Å². The fourth-order valence-corrected chi connectivity index (χ4v) is 3.58. The summed E-state index contributed by atoms with van der Waals surface area (Å²) in [4.78, 5) is 26.3. The van der Waals surface area contributed by atoms with E-state index in [0.717, 1.165) is 5.75 Å². The largest absolute Gasteiger partial charge is 0.457 e. The maximum Gasteiger partial charge on any atom is 0.338 e. The molecular weight excluding hydrogens is 342 g/mol. The van der Waals surface area contributed by atoms with Crippen molar-refractivity contribution < 1.29 is 14.3 Å². The van der Waals surface area contributed by atoms with Crippen molar-refractivity contribution in [3.8, 4) is 0 Å². The first-order valence-corrected chi connectivity index (χ1v) is 8.85. The number of nitrogens with zero attached hydrogens (tertiary/aromatic N) is 1. The van der Waals surface area contributed by atoms with Gasteiger partial charge in [0, 0.05) is 23.4 Å². The smallest absolute Gasteiger partial charge is 0.338 e. The number of hydrogen-bond acceptors (Lipinski definition) is 5. The standard InChI is InChI=1S/C18H15NO3S2/c20-16(19-10-11-24-18(19)23)15-9-5-4-8-14(15)12-22-17(21)13-6-2-1-3-7-13/h1-9H,10-12H2. The summed E-state index contributed by atoms with van der Waals surface area (Å²) < 4.78 is 5.94. The third-order valence-electron chi connectivity index (χ3n) is 3.62. The van der Waals surface area contributed by atoms with Crippen molar-refractivity contribution in [2.24, 2.45) is 0 Å². The lowest BCUT2D eigenvalue weighted by Crippen LogP contribution is -2.31. The van der Waals surface area contributed by atoms with Crippen LogP contribution in [0.15, 0.2) is 54.6 Å². The molecule has 122 valence electrons. The van der Waals surface area contributed by atoms with Crippen LogP contribution in [-0.4, -0.2) is 33.4 Å². The fraction of sp³-hybridized carbons (Fsp3) is 0.167. The van der Waals surface area contributed by atoms with E-state index in [1.807, 2.05) is 12.1 Å². The molecule has 6 heteroatoms. The second-order valence-corrected chi connectivity index (χ2v) is 6.90. The Labute approximate surface area is 149 Å². The molecule has 0 N–H and O–H groups in total. The molecule has 1 saturated heterocycles. The third kappa shape index (κ3) is 3.66. The lowest BCUT2D eigenvalue weighted by atomic mass is 10.1. The summed E-state index contributed by atoms with van der Waals surface area (Å²) in [6.07, 6.45) is 0. The Kier molecular flexibility index (Phi) is 5.27. The van der Waals surface area contributed by atoms with E-state index in [1.165, 1.54) is 11.8 Å². The molecule has 1 amide bonds.